The van der Waals surface area contributed by atoms with Crippen LogP contribution in [0.15, 0.2) is 60.9 Å². The van der Waals surface area contributed by atoms with Gasteiger partial charge in [-0.25, -0.2) is 0 Å². The van der Waals surface area contributed by atoms with Crippen molar-refractivity contribution in [1.29, 1.82) is 0 Å². The molecule has 1 aromatic heterocycles. The Bertz CT molecular complexity index is 754. The number of rotatable bonds is 5. The molecule has 0 unspecified atom stereocenters. The van der Waals surface area contributed by atoms with Gasteiger partial charge in [0, 0.05) is 18.8 Å². The molecule has 21 heavy (non-hydrogen) atoms. The molecular weight excluding hydrogens is 262 g/mol. The number of hydrogen-bond acceptors (Lipinski definition) is 3. The van der Waals surface area contributed by atoms with Crippen LogP contribution in [0, 0.1) is 0 Å². The molecule has 0 fully saturated rings. The van der Waals surface area contributed by atoms with Gasteiger partial charge in [0.05, 0.1) is 12.2 Å². The second-order valence-electron chi connectivity index (χ2n) is 4.77. The fraction of sp³-hybridized carbons (Fsp3) is 0.111. The van der Waals surface area contributed by atoms with E-state index < -0.39 is 0 Å². The predicted molar refractivity (Wildman–Crippen MR) is 82.8 cm³/mol. The third-order valence-electron chi connectivity index (χ3n) is 3.45. The van der Waals surface area contributed by atoms with Crippen molar-refractivity contribution in [1.82, 2.24) is 4.98 Å². The molecule has 104 valence electrons. The maximum Gasteiger partial charge on any atom is 0.154 e. The highest BCUT2D eigenvalue weighted by Gasteiger charge is 2.07. The Kier molecular flexibility index (Phi) is 3.92. The van der Waals surface area contributed by atoms with Gasteiger partial charge in [-0.3, -0.25) is 9.78 Å². The zero-order valence-corrected chi connectivity index (χ0v) is 11.5. The van der Waals surface area contributed by atoms with E-state index in [1.165, 1.54) is 5.56 Å². The minimum atomic E-state index is 0.531. The monoisotopic (exact) mass is 277 g/mol. The molecule has 0 spiro atoms. The Morgan fingerprint density at radius 3 is 2.62 bits per heavy atom. The first-order valence-electron chi connectivity index (χ1n) is 6.87. The predicted octanol–water partition coefficient (Wildman–Crippen LogP) is 3.67. The van der Waals surface area contributed by atoms with Crippen molar-refractivity contribution in [3.8, 4) is 5.75 Å². The quantitative estimate of drug-likeness (QED) is 0.668. The Morgan fingerprint density at radius 2 is 1.81 bits per heavy atom. The van der Waals surface area contributed by atoms with E-state index in [0.717, 1.165) is 23.5 Å². The molecule has 3 rings (SSSR count). The van der Waals surface area contributed by atoms with Gasteiger partial charge in [-0.15, -0.1) is 0 Å². The van der Waals surface area contributed by atoms with Gasteiger partial charge in [0.1, 0.15) is 5.75 Å². The zero-order valence-electron chi connectivity index (χ0n) is 11.5. The number of pyridine rings is 1. The number of nitrogens with zero attached hydrogens (tertiary/aromatic N) is 1. The molecule has 3 nitrogen and oxygen atoms in total. The molecular formula is C18H15NO2. The summed E-state index contributed by atoms with van der Waals surface area (Å²) in [7, 11) is 0. The summed E-state index contributed by atoms with van der Waals surface area (Å²) in [4.78, 5) is 15.4. The normalized spacial score (nSPS) is 10.5. The number of aromatic nitrogens is 1. The van der Waals surface area contributed by atoms with Crippen LogP contribution in [0.4, 0.5) is 0 Å². The molecule has 0 aliphatic carbocycles. The second kappa shape index (κ2) is 6.18. The van der Waals surface area contributed by atoms with Gasteiger partial charge in [0.15, 0.2) is 6.29 Å². The summed E-state index contributed by atoms with van der Waals surface area (Å²) >= 11 is 0. The molecule has 1 heterocycles. The van der Waals surface area contributed by atoms with Gasteiger partial charge >= 0.3 is 0 Å². The number of hydrogen-bond donors (Lipinski definition) is 0. The van der Waals surface area contributed by atoms with Gasteiger partial charge in [0.25, 0.3) is 0 Å². The highest BCUT2D eigenvalue weighted by atomic mass is 16.5. The first-order valence-corrected chi connectivity index (χ1v) is 6.87. The standard InChI is InChI=1S/C18H15NO2/c20-13-17-16-4-2-1-3-15(16)5-6-18(17)21-12-9-14-7-10-19-11-8-14/h1-8,10-11,13H,9,12H2. The van der Waals surface area contributed by atoms with Gasteiger partial charge in [-0.2, -0.15) is 0 Å². The highest BCUT2D eigenvalue weighted by molar-refractivity contribution is 6.00. The largest absolute Gasteiger partial charge is 0.492 e. The van der Waals surface area contributed by atoms with Crippen LogP contribution >= 0.6 is 0 Å². The number of ether oxygens (including phenoxy) is 1. The maximum absolute atomic E-state index is 11.4. The highest BCUT2D eigenvalue weighted by Crippen LogP contribution is 2.26. The summed E-state index contributed by atoms with van der Waals surface area (Å²) in [6.45, 7) is 0.531. The van der Waals surface area contributed by atoms with Crippen molar-refractivity contribution in [2.24, 2.45) is 0 Å². The summed E-state index contributed by atoms with van der Waals surface area (Å²) in [6, 6.07) is 15.6. The number of carbonyl (C=O) groups excluding carboxylic acids is 1. The molecule has 2 aromatic carbocycles. The van der Waals surface area contributed by atoms with Crippen LogP contribution in [-0.4, -0.2) is 17.9 Å². The third kappa shape index (κ3) is 2.92. The lowest BCUT2D eigenvalue weighted by Crippen LogP contribution is -2.03. The minimum Gasteiger partial charge on any atom is -0.492 e. The van der Waals surface area contributed by atoms with Crippen LogP contribution in [-0.2, 0) is 6.42 Å². The van der Waals surface area contributed by atoms with Gasteiger partial charge in [0.2, 0.25) is 0 Å². The van der Waals surface area contributed by atoms with Gasteiger partial charge in [-0.05, 0) is 34.5 Å². The summed E-state index contributed by atoms with van der Waals surface area (Å²) in [5, 5.41) is 1.97. The third-order valence-corrected chi connectivity index (χ3v) is 3.45. The van der Waals surface area contributed by atoms with Crippen LogP contribution in [0.3, 0.4) is 0 Å². The lowest BCUT2D eigenvalue weighted by atomic mass is 10.0. The number of benzene rings is 2. The summed E-state index contributed by atoms with van der Waals surface area (Å²) in [5.41, 5.74) is 1.78. The van der Waals surface area contributed by atoms with Gasteiger partial charge in [-0.1, -0.05) is 30.3 Å². The molecule has 0 aliphatic rings. The van der Waals surface area contributed by atoms with E-state index in [1.807, 2.05) is 48.5 Å². The first kappa shape index (κ1) is 13.3. The topological polar surface area (TPSA) is 39.2 Å². The average Bonchev–Trinajstić information content (AvgIpc) is 2.55. The maximum atomic E-state index is 11.4. The van der Waals surface area contributed by atoms with E-state index in [4.69, 9.17) is 4.74 Å². The summed E-state index contributed by atoms with van der Waals surface area (Å²) in [6.07, 6.45) is 5.18. The number of fused-ring (bicyclic) bond motifs is 1. The molecule has 0 amide bonds. The average molecular weight is 277 g/mol. The van der Waals surface area contributed by atoms with Crippen molar-refractivity contribution in [2.75, 3.05) is 6.61 Å². The molecule has 0 saturated heterocycles. The zero-order chi connectivity index (χ0) is 14.5. The Hall–Kier alpha value is -2.68. The minimum absolute atomic E-state index is 0.531. The molecule has 0 bridgehead atoms. The van der Waals surface area contributed by atoms with Crippen LogP contribution in [0.25, 0.3) is 10.8 Å². The lowest BCUT2D eigenvalue weighted by molar-refractivity contribution is 0.112. The molecule has 0 saturated carbocycles. The Labute approximate surface area is 123 Å². The van der Waals surface area contributed by atoms with Crippen LogP contribution in [0.2, 0.25) is 0 Å². The summed E-state index contributed by atoms with van der Waals surface area (Å²) < 4.78 is 5.79. The van der Waals surface area contributed by atoms with E-state index in [1.54, 1.807) is 12.4 Å². The molecule has 0 atom stereocenters. The smallest absolute Gasteiger partial charge is 0.154 e. The molecule has 0 radical (unpaired) electrons. The van der Waals surface area contributed by atoms with E-state index in [0.29, 0.717) is 17.9 Å². The SMILES string of the molecule is O=Cc1c(OCCc2ccncc2)ccc2ccccc12. The van der Waals surface area contributed by atoms with E-state index in [-0.39, 0.29) is 0 Å². The van der Waals surface area contributed by atoms with Crippen molar-refractivity contribution in [2.45, 2.75) is 6.42 Å². The Morgan fingerprint density at radius 1 is 1.00 bits per heavy atom. The van der Waals surface area contributed by atoms with Crippen molar-refractivity contribution < 1.29 is 9.53 Å². The number of carbonyl (C=O) groups is 1. The van der Waals surface area contributed by atoms with Gasteiger partial charge < -0.3 is 4.74 Å². The Balaban J connectivity index is 1.79. The summed E-state index contributed by atoms with van der Waals surface area (Å²) in [5.74, 6) is 0.637. The van der Waals surface area contributed by atoms with Crippen molar-refractivity contribution in [3.63, 3.8) is 0 Å². The van der Waals surface area contributed by atoms with E-state index in [2.05, 4.69) is 4.98 Å². The fourth-order valence-corrected chi connectivity index (χ4v) is 2.35. The molecule has 3 aromatic rings. The second-order valence-corrected chi connectivity index (χ2v) is 4.77. The lowest BCUT2D eigenvalue weighted by Gasteiger charge is -2.10. The van der Waals surface area contributed by atoms with Crippen LogP contribution < -0.4 is 4.74 Å². The van der Waals surface area contributed by atoms with Crippen molar-refractivity contribution >= 4 is 17.1 Å². The van der Waals surface area contributed by atoms with E-state index >= 15 is 0 Å². The van der Waals surface area contributed by atoms with E-state index in [9.17, 15) is 4.79 Å². The fourth-order valence-electron chi connectivity index (χ4n) is 2.35. The first-order chi connectivity index (χ1) is 10.4. The van der Waals surface area contributed by atoms with Crippen molar-refractivity contribution in [3.05, 3.63) is 72.1 Å². The van der Waals surface area contributed by atoms with Crippen LogP contribution in [0.5, 0.6) is 5.75 Å². The molecule has 3 heteroatoms. The molecule has 0 aliphatic heterocycles. The molecule has 0 N–H and O–H groups in total. The van der Waals surface area contributed by atoms with Crippen LogP contribution in [0.1, 0.15) is 15.9 Å². The number of aldehydes is 1.